The lowest BCUT2D eigenvalue weighted by Crippen LogP contribution is -2.41. The molecule has 0 saturated heterocycles. The Hall–Kier alpha value is -3.19. The average molecular weight is 398 g/mol. The Morgan fingerprint density at radius 3 is 2.50 bits per heavy atom. The second kappa shape index (κ2) is 8.67. The van der Waals surface area contributed by atoms with E-state index < -0.39 is 17.8 Å². The molecule has 1 aromatic heterocycles. The van der Waals surface area contributed by atoms with Gasteiger partial charge in [-0.25, -0.2) is 4.39 Å². The number of nitrogens with zero attached hydrogens (tertiary/aromatic N) is 1. The van der Waals surface area contributed by atoms with Crippen molar-refractivity contribution in [1.82, 2.24) is 4.90 Å². The lowest BCUT2D eigenvalue weighted by Gasteiger charge is -2.30. The third-order valence-corrected chi connectivity index (χ3v) is 5.10. The largest absolute Gasteiger partial charge is 0.497 e. The molecule has 1 atom stereocenters. The first kappa shape index (κ1) is 19.6. The summed E-state index contributed by atoms with van der Waals surface area (Å²) in [7, 11) is 1.55. The van der Waals surface area contributed by atoms with Crippen LogP contribution < -0.4 is 10.5 Å². The van der Waals surface area contributed by atoms with Crippen LogP contribution in [0.1, 0.15) is 26.8 Å². The molecule has 144 valence electrons. The highest BCUT2D eigenvalue weighted by Crippen LogP contribution is 2.27. The number of halogens is 1. The maximum absolute atomic E-state index is 13.4. The van der Waals surface area contributed by atoms with Gasteiger partial charge in [-0.1, -0.05) is 30.3 Å². The van der Waals surface area contributed by atoms with Crippen LogP contribution in [0.2, 0.25) is 0 Å². The van der Waals surface area contributed by atoms with E-state index in [2.05, 4.69) is 0 Å². The number of ether oxygens (including phenoxy) is 1. The normalized spacial score (nSPS) is 11.6. The Bertz CT molecular complexity index is 958. The first-order valence-electron chi connectivity index (χ1n) is 8.52. The number of thiophene rings is 1. The summed E-state index contributed by atoms with van der Waals surface area (Å²) in [6.45, 7) is 0.138. The second-order valence-corrected chi connectivity index (χ2v) is 7.07. The van der Waals surface area contributed by atoms with Crippen LogP contribution in [0.15, 0.2) is 66.0 Å². The van der Waals surface area contributed by atoms with Crippen molar-refractivity contribution in [3.8, 4) is 5.75 Å². The van der Waals surface area contributed by atoms with Crippen LogP contribution in [0.5, 0.6) is 5.75 Å². The van der Waals surface area contributed by atoms with E-state index in [1.807, 2.05) is 6.07 Å². The van der Waals surface area contributed by atoms with Crippen LogP contribution in [0.3, 0.4) is 0 Å². The number of carbonyl (C=O) groups excluding carboxylic acids is 2. The van der Waals surface area contributed by atoms with Crippen LogP contribution in [0, 0.1) is 5.82 Å². The van der Waals surface area contributed by atoms with Crippen molar-refractivity contribution in [2.45, 2.75) is 12.6 Å². The quantitative estimate of drug-likeness (QED) is 0.659. The van der Waals surface area contributed by atoms with E-state index in [9.17, 15) is 14.0 Å². The SMILES string of the molecule is COc1cccc(CN(C(=O)c2cccs2)C(C(N)=O)c2ccc(F)cc2)c1. The van der Waals surface area contributed by atoms with Gasteiger partial charge in [0.1, 0.15) is 17.6 Å². The van der Waals surface area contributed by atoms with Crippen molar-refractivity contribution in [3.63, 3.8) is 0 Å². The molecule has 1 unspecified atom stereocenters. The van der Waals surface area contributed by atoms with Gasteiger partial charge < -0.3 is 15.4 Å². The lowest BCUT2D eigenvalue weighted by atomic mass is 10.0. The molecule has 2 N–H and O–H groups in total. The number of hydrogen-bond donors (Lipinski definition) is 1. The molecule has 0 fully saturated rings. The van der Waals surface area contributed by atoms with Crippen LogP contribution in [-0.4, -0.2) is 23.8 Å². The highest BCUT2D eigenvalue weighted by molar-refractivity contribution is 7.12. The van der Waals surface area contributed by atoms with Crippen molar-refractivity contribution in [3.05, 3.63) is 87.9 Å². The van der Waals surface area contributed by atoms with Gasteiger partial charge in [-0.05, 0) is 46.8 Å². The average Bonchev–Trinajstić information content (AvgIpc) is 3.23. The number of carbonyl (C=O) groups is 2. The van der Waals surface area contributed by atoms with Gasteiger partial charge in [0.05, 0.1) is 12.0 Å². The number of primary amides is 1. The zero-order valence-electron chi connectivity index (χ0n) is 15.2. The second-order valence-electron chi connectivity index (χ2n) is 6.12. The molecule has 3 aromatic rings. The topological polar surface area (TPSA) is 72.6 Å². The number of rotatable bonds is 7. The maximum Gasteiger partial charge on any atom is 0.265 e. The predicted molar refractivity (Wildman–Crippen MR) is 106 cm³/mol. The molecule has 0 bridgehead atoms. The van der Waals surface area contributed by atoms with E-state index in [-0.39, 0.29) is 12.5 Å². The van der Waals surface area contributed by atoms with Crippen LogP contribution >= 0.6 is 11.3 Å². The fourth-order valence-electron chi connectivity index (χ4n) is 2.93. The molecule has 5 nitrogen and oxygen atoms in total. The van der Waals surface area contributed by atoms with Crippen molar-refractivity contribution in [2.75, 3.05) is 7.11 Å². The van der Waals surface area contributed by atoms with Crippen LogP contribution in [0.4, 0.5) is 4.39 Å². The molecule has 7 heteroatoms. The maximum atomic E-state index is 13.4. The summed E-state index contributed by atoms with van der Waals surface area (Å²) in [5.74, 6) is -0.820. The van der Waals surface area contributed by atoms with Crippen molar-refractivity contribution < 1.29 is 18.7 Å². The van der Waals surface area contributed by atoms with Crippen LogP contribution in [0.25, 0.3) is 0 Å². The Morgan fingerprint density at radius 1 is 1.14 bits per heavy atom. The summed E-state index contributed by atoms with van der Waals surface area (Å²) < 4.78 is 18.6. The Labute approximate surface area is 166 Å². The minimum Gasteiger partial charge on any atom is -0.497 e. The standard InChI is InChI=1S/C21H19FN2O3S/c1-27-17-5-2-4-14(12-17)13-24(21(26)18-6-3-11-28-18)19(20(23)25)15-7-9-16(22)10-8-15/h2-12,19H,13H2,1H3,(H2,23,25). The zero-order chi connectivity index (χ0) is 20.1. The van der Waals surface area contributed by atoms with Gasteiger partial charge in [-0.3, -0.25) is 9.59 Å². The number of hydrogen-bond acceptors (Lipinski definition) is 4. The molecular formula is C21H19FN2O3S. The first-order valence-corrected chi connectivity index (χ1v) is 9.39. The molecule has 28 heavy (non-hydrogen) atoms. The molecule has 2 aromatic carbocycles. The monoisotopic (exact) mass is 398 g/mol. The summed E-state index contributed by atoms with van der Waals surface area (Å²) in [5, 5.41) is 1.79. The van der Waals surface area contributed by atoms with Gasteiger partial charge >= 0.3 is 0 Å². The fourth-order valence-corrected chi connectivity index (χ4v) is 3.61. The van der Waals surface area contributed by atoms with Crippen molar-refractivity contribution in [1.29, 1.82) is 0 Å². The summed E-state index contributed by atoms with van der Waals surface area (Å²) in [6, 6.07) is 15.0. The fraction of sp³-hybridized carbons (Fsp3) is 0.143. The van der Waals surface area contributed by atoms with E-state index in [1.54, 1.807) is 42.8 Å². The van der Waals surface area contributed by atoms with Gasteiger partial charge in [0.25, 0.3) is 5.91 Å². The third-order valence-electron chi connectivity index (χ3n) is 4.25. The summed E-state index contributed by atoms with van der Waals surface area (Å²) >= 11 is 1.28. The number of nitrogens with two attached hydrogens (primary N) is 1. The Balaban J connectivity index is 2.03. The highest BCUT2D eigenvalue weighted by atomic mass is 32.1. The molecule has 0 spiro atoms. The van der Waals surface area contributed by atoms with Gasteiger partial charge in [-0.15, -0.1) is 11.3 Å². The van der Waals surface area contributed by atoms with Crippen LogP contribution in [-0.2, 0) is 11.3 Å². The highest BCUT2D eigenvalue weighted by Gasteiger charge is 2.31. The summed E-state index contributed by atoms with van der Waals surface area (Å²) in [6.07, 6.45) is 0. The third kappa shape index (κ3) is 4.37. The molecule has 1 heterocycles. The summed E-state index contributed by atoms with van der Waals surface area (Å²) in [4.78, 5) is 27.4. The predicted octanol–water partition coefficient (Wildman–Crippen LogP) is 3.76. The van der Waals surface area contributed by atoms with E-state index in [0.29, 0.717) is 16.2 Å². The molecule has 0 aliphatic carbocycles. The minimum atomic E-state index is -1.04. The number of amides is 2. The van der Waals surface area contributed by atoms with E-state index in [0.717, 1.165) is 5.56 Å². The van der Waals surface area contributed by atoms with Gasteiger partial charge in [-0.2, -0.15) is 0 Å². The molecular weight excluding hydrogens is 379 g/mol. The molecule has 0 aliphatic heterocycles. The zero-order valence-corrected chi connectivity index (χ0v) is 16.0. The smallest absolute Gasteiger partial charge is 0.265 e. The number of benzene rings is 2. The molecule has 2 amide bonds. The van der Waals surface area contributed by atoms with E-state index >= 15 is 0 Å². The molecule has 0 radical (unpaired) electrons. The van der Waals surface area contributed by atoms with Gasteiger partial charge in [0.15, 0.2) is 0 Å². The van der Waals surface area contributed by atoms with Gasteiger partial charge in [0.2, 0.25) is 5.91 Å². The summed E-state index contributed by atoms with van der Waals surface area (Å²) in [5.41, 5.74) is 6.88. The van der Waals surface area contributed by atoms with E-state index in [4.69, 9.17) is 10.5 Å². The van der Waals surface area contributed by atoms with Crippen molar-refractivity contribution in [2.24, 2.45) is 5.73 Å². The minimum absolute atomic E-state index is 0.138. The molecule has 0 saturated carbocycles. The molecule has 0 aliphatic rings. The Morgan fingerprint density at radius 2 is 1.89 bits per heavy atom. The van der Waals surface area contributed by atoms with Crippen molar-refractivity contribution >= 4 is 23.2 Å². The lowest BCUT2D eigenvalue weighted by molar-refractivity contribution is -0.122. The van der Waals surface area contributed by atoms with E-state index in [1.165, 1.54) is 40.5 Å². The molecule has 3 rings (SSSR count). The number of methoxy groups -OCH3 is 1. The first-order chi connectivity index (χ1) is 13.5. The Kier molecular flexibility index (Phi) is 6.06. The van der Waals surface area contributed by atoms with Gasteiger partial charge in [0, 0.05) is 6.54 Å².